The zero-order chi connectivity index (χ0) is 11.2. The molecule has 14 heavy (non-hydrogen) atoms. The fraction of sp³-hybridized carbons (Fsp3) is 1.00. The second-order valence-electron chi connectivity index (χ2n) is 4.48. The summed E-state index contributed by atoms with van der Waals surface area (Å²) in [4.78, 5) is 0. The molecule has 3 heteroatoms. The van der Waals surface area contributed by atoms with Gasteiger partial charge in [-0.05, 0) is 40.5 Å². The van der Waals surface area contributed by atoms with E-state index in [-0.39, 0.29) is 17.8 Å². The van der Waals surface area contributed by atoms with Gasteiger partial charge in [-0.25, -0.2) is 0 Å². The van der Waals surface area contributed by atoms with Crippen molar-refractivity contribution in [1.82, 2.24) is 0 Å². The summed E-state index contributed by atoms with van der Waals surface area (Å²) >= 11 is 0. The standard InChI is InChI=1S/C11H24O3/c1-9(12)8-10(2)14-7-6-11(3,4)13-5/h9-10,12H,6-8H2,1-5H3. The maximum atomic E-state index is 9.12. The molecular weight excluding hydrogens is 180 g/mol. The van der Waals surface area contributed by atoms with Crippen LogP contribution in [0.15, 0.2) is 0 Å². The van der Waals surface area contributed by atoms with Gasteiger partial charge in [0.1, 0.15) is 0 Å². The van der Waals surface area contributed by atoms with Crippen LogP contribution in [0.25, 0.3) is 0 Å². The molecule has 3 nitrogen and oxygen atoms in total. The third-order valence-corrected chi connectivity index (χ3v) is 2.33. The van der Waals surface area contributed by atoms with Crippen molar-refractivity contribution in [3.8, 4) is 0 Å². The molecule has 0 heterocycles. The number of aliphatic hydroxyl groups is 1. The van der Waals surface area contributed by atoms with E-state index in [9.17, 15) is 0 Å². The van der Waals surface area contributed by atoms with E-state index in [4.69, 9.17) is 14.6 Å². The van der Waals surface area contributed by atoms with Crippen LogP contribution in [-0.2, 0) is 9.47 Å². The summed E-state index contributed by atoms with van der Waals surface area (Å²) in [5.74, 6) is 0. The van der Waals surface area contributed by atoms with Gasteiger partial charge in [0.15, 0.2) is 0 Å². The van der Waals surface area contributed by atoms with Gasteiger partial charge in [-0.2, -0.15) is 0 Å². The molecule has 0 aromatic heterocycles. The molecular formula is C11H24O3. The van der Waals surface area contributed by atoms with Gasteiger partial charge in [-0.15, -0.1) is 0 Å². The Morgan fingerprint density at radius 2 is 1.86 bits per heavy atom. The summed E-state index contributed by atoms with van der Waals surface area (Å²) in [5.41, 5.74) is -0.120. The van der Waals surface area contributed by atoms with E-state index in [1.165, 1.54) is 0 Å². The number of hydrogen-bond acceptors (Lipinski definition) is 3. The van der Waals surface area contributed by atoms with Gasteiger partial charge in [0.05, 0.1) is 17.8 Å². The van der Waals surface area contributed by atoms with Crippen molar-refractivity contribution in [1.29, 1.82) is 0 Å². The minimum atomic E-state index is -0.291. The van der Waals surface area contributed by atoms with E-state index in [0.29, 0.717) is 13.0 Å². The highest BCUT2D eigenvalue weighted by molar-refractivity contribution is 4.67. The maximum Gasteiger partial charge on any atom is 0.0644 e. The van der Waals surface area contributed by atoms with Gasteiger partial charge >= 0.3 is 0 Å². The van der Waals surface area contributed by atoms with Crippen LogP contribution in [0.2, 0.25) is 0 Å². The van der Waals surface area contributed by atoms with Crippen LogP contribution in [0.5, 0.6) is 0 Å². The van der Waals surface area contributed by atoms with E-state index < -0.39 is 0 Å². The fourth-order valence-electron chi connectivity index (χ4n) is 1.16. The molecule has 0 aliphatic carbocycles. The first-order valence-corrected chi connectivity index (χ1v) is 5.22. The normalized spacial score (nSPS) is 16.7. The molecule has 86 valence electrons. The Labute approximate surface area is 87.4 Å². The number of aliphatic hydroxyl groups excluding tert-OH is 1. The number of rotatable bonds is 7. The summed E-state index contributed by atoms with van der Waals surface area (Å²) in [7, 11) is 1.71. The van der Waals surface area contributed by atoms with Crippen LogP contribution >= 0.6 is 0 Å². The second kappa shape index (κ2) is 6.38. The Bertz CT molecular complexity index is 143. The third-order valence-electron chi connectivity index (χ3n) is 2.33. The van der Waals surface area contributed by atoms with Gasteiger partial charge in [0.25, 0.3) is 0 Å². The Kier molecular flexibility index (Phi) is 6.33. The van der Waals surface area contributed by atoms with Crippen molar-refractivity contribution < 1.29 is 14.6 Å². The van der Waals surface area contributed by atoms with Crippen molar-refractivity contribution >= 4 is 0 Å². The van der Waals surface area contributed by atoms with Crippen LogP contribution in [0.1, 0.15) is 40.5 Å². The average Bonchev–Trinajstić information content (AvgIpc) is 2.02. The van der Waals surface area contributed by atoms with Crippen molar-refractivity contribution in [2.75, 3.05) is 13.7 Å². The monoisotopic (exact) mass is 204 g/mol. The van der Waals surface area contributed by atoms with Crippen LogP contribution in [0, 0.1) is 0 Å². The number of methoxy groups -OCH3 is 1. The second-order valence-corrected chi connectivity index (χ2v) is 4.48. The van der Waals surface area contributed by atoms with Crippen molar-refractivity contribution in [2.24, 2.45) is 0 Å². The lowest BCUT2D eigenvalue weighted by molar-refractivity contribution is -0.0310. The predicted octanol–water partition coefficient (Wildman–Crippen LogP) is 1.98. The summed E-state index contributed by atoms with van der Waals surface area (Å²) < 4.78 is 10.8. The Morgan fingerprint density at radius 1 is 1.29 bits per heavy atom. The molecule has 1 N–H and O–H groups in total. The summed E-state index contributed by atoms with van der Waals surface area (Å²) in [5, 5.41) is 9.12. The van der Waals surface area contributed by atoms with Crippen LogP contribution < -0.4 is 0 Å². The molecule has 0 rings (SSSR count). The zero-order valence-electron chi connectivity index (χ0n) is 10.0. The van der Waals surface area contributed by atoms with Gasteiger partial charge < -0.3 is 14.6 Å². The zero-order valence-corrected chi connectivity index (χ0v) is 10.0. The van der Waals surface area contributed by atoms with Crippen LogP contribution in [-0.4, -0.2) is 36.6 Å². The molecule has 0 aromatic carbocycles. The summed E-state index contributed by atoms with van der Waals surface area (Å²) in [6.07, 6.45) is 1.38. The molecule has 0 aromatic rings. The molecule has 0 aliphatic heterocycles. The topological polar surface area (TPSA) is 38.7 Å². The molecule has 0 saturated heterocycles. The molecule has 0 fully saturated rings. The van der Waals surface area contributed by atoms with E-state index >= 15 is 0 Å². The Hall–Kier alpha value is -0.120. The van der Waals surface area contributed by atoms with Crippen molar-refractivity contribution in [3.05, 3.63) is 0 Å². The Balaban J connectivity index is 3.53. The molecule has 0 spiro atoms. The molecule has 0 amide bonds. The van der Waals surface area contributed by atoms with Crippen molar-refractivity contribution in [3.63, 3.8) is 0 Å². The van der Waals surface area contributed by atoms with Gasteiger partial charge in [-0.3, -0.25) is 0 Å². The molecule has 2 unspecified atom stereocenters. The van der Waals surface area contributed by atoms with Crippen molar-refractivity contribution in [2.45, 2.75) is 58.3 Å². The molecule has 0 radical (unpaired) electrons. The molecule has 0 saturated carbocycles. The maximum absolute atomic E-state index is 9.12. The quantitative estimate of drug-likeness (QED) is 0.689. The van der Waals surface area contributed by atoms with E-state index in [1.807, 2.05) is 20.8 Å². The van der Waals surface area contributed by atoms with Gasteiger partial charge in [-0.1, -0.05) is 0 Å². The highest BCUT2D eigenvalue weighted by Crippen LogP contribution is 2.13. The molecule has 0 bridgehead atoms. The highest BCUT2D eigenvalue weighted by Gasteiger charge is 2.16. The number of hydrogen-bond donors (Lipinski definition) is 1. The Morgan fingerprint density at radius 3 is 2.29 bits per heavy atom. The van der Waals surface area contributed by atoms with E-state index in [1.54, 1.807) is 14.0 Å². The lowest BCUT2D eigenvalue weighted by Crippen LogP contribution is -2.26. The van der Waals surface area contributed by atoms with Gasteiger partial charge in [0.2, 0.25) is 0 Å². The lowest BCUT2D eigenvalue weighted by Gasteiger charge is -2.24. The smallest absolute Gasteiger partial charge is 0.0644 e. The average molecular weight is 204 g/mol. The molecule has 2 atom stereocenters. The SMILES string of the molecule is COC(C)(C)CCOC(C)CC(C)O. The highest BCUT2D eigenvalue weighted by atomic mass is 16.5. The minimum absolute atomic E-state index is 0.114. The first-order chi connectivity index (χ1) is 6.37. The third kappa shape index (κ3) is 7.30. The lowest BCUT2D eigenvalue weighted by atomic mass is 10.1. The summed E-state index contributed by atoms with van der Waals surface area (Å²) in [6.45, 7) is 8.51. The minimum Gasteiger partial charge on any atom is -0.393 e. The fourth-order valence-corrected chi connectivity index (χ4v) is 1.16. The molecule has 0 aliphatic rings. The largest absolute Gasteiger partial charge is 0.393 e. The van der Waals surface area contributed by atoms with E-state index in [0.717, 1.165) is 6.42 Å². The summed E-state index contributed by atoms with van der Waals surface area (Å²) in [6, 6.07) is 0. The van der Waals surface area contributed by atoms with E-state index in [2.05, 4.69) is 0 Å². The van der Waals surface area contributed by atoms with Crippen LogP contribution in [0.3, 0.4) is 0 Å². The first-order valence-electron chi connectivity index (χ1n) is 5.22. The number of ether oxygens (including phenoxy) is 2. The predicted molar refractivity (Wildman–Crippen MR) is 57.4 cm³/mol. The first kappa shape index (κ1) is 13.9. The van der Waals surface area contributed by atoms with Crippen LogP contribution in [0.4, 0.5) is 0 Å². The van der Waals surface area contributed by atoms with Gasteiger partial charge in [0, 0.05) is 13.7 Å².